The third kappa shape index (κ3) is 6.45. The van der Waals surface area contributed by atoms with Gasteiger partial charge in [0.1, 0.15) is 0 Å². The van der Waals surface area contributed by atoms with Crippen LogP contribution in [0.4, 0.5) is 0 Å². The molecule has 0 saturated heterocycles. The first-order chi connectivity index (χ1) is 7.53. The maximum Gasteiger partial charge on any atom is 0.152 e. The van der Waals surface area contributed by atoms with E-state index in [1.807, 2.05) is 6.92 Å². The van der Waals surface area contributed by atoms with Crippen LogP contribution in [0.5, 0.6) is 0 Å². The summed E-state index contributed by atoms with van der Waals surface area (Å²) in [6.07, 6.45) is 4.21. The molecule has 16 heavy (non-hydrogen) atoms. The van der Waals surface area contributed by atoms with Gasteiger partial charge in [0.2, 0.25) is 0 Å². The van der Waals surface area contributed by atoms with Crippen molar-refractivity contribution in [3.05, 3.63) is 0 Å². The van der Waals surface area contributed by atoms with Crippen molar-refractivity contribution in [3.63, 3.8) is 0 Å². The van der Waals surface area contributed by atoms with Gasteiger partial charge in [-0.2, -0.15) is 0 Å². The molecule has 0 bridgehead atoms. The van der Waals surface area contributed by atoms with E-state index in [0.29, 0.717) is 19.0 Å². The number of hydrogen-bond donors (Lipinski definition) is 2. The van der Waals surface area contributed by atoms with Crippen molar-refractivity contribution in [3.8, 4) is 0 Å². The fourth-order valence-corrected chi connectivity index (χ4v) is 3.11. The van der Waals surface area contributed by atoms with Crippen LogP contribution in [0.15, 0.2) is 0 Å². The molecule has 1 aliphatic carbocycles. The molecule has 0 aromatic carbocycles. The number of sulfone groups is 1. The van der Waals surface area contributed by atoms with Crippen LogP contribution in [0.25, 0.3) is 0 Å². The van der Waals surface area contributed by atoms with Crippen LogP contribution in [0.1, 0.15) is 39.0 Å². The number of aliphatic hydroxyl groups is 1. The summed E-state index contributed by atoms with van der Waals surface area (Å²) in [4.78, 5) is 0. The Morgan fingerprint density at radius 3 is 2.62 bits per heavy atom. The van der Waals surface area contributed by atoms with Gasteiger partial charge in [0.05, 0.1) is 17.6 Å². The fourth-order valence-electron chi connectivity index (χ4n) is 1.60. The summed E-state index contributed by atoms with van der Waals surface area (Å²) < 4.78 is 23.2. The molecule has 1 unspecified atom stereocenters. The predicted molar refractivity (Wildman–Crippen MR) is 65.2 cm³/mol. The maximum absolute atomic E-state index is 11.6. The number of hydrogen-bond acceptors (Lipinski definition) is 4. The van der Waals surface area contributed by atoms with Crippen LogP contribution in [0, 0.1) is 0 Å². The Labute approximate surface area is 98.4 Å². The molecular formula is C11H23NO3S. The second-order valence-corrected chi connectivity index (χ2v) is 6.89. The molecule has 0 aromatic heterocycles. The Balaban J connectivity index is 2.15. The summed E-state index contributed by atoms with van der Waals surface area (Å²) in [5.41, 5.74) is 0. The van der Waals surface area contributed by atoms with Crippen LogP contribution >= 0.6 is 0 Å². The second-order valence-electron chi connectivity index (χ2n) is 4.66. The van der Waals surface area contributed by atoms with E-state index >= 15 is 0 Å². The molecule has 4 nitrogen and oxygen atoms in total. The van der Waals surface area contributed by atoms with E-state index in [4.69, 9.17) is 0 Å². The van der Waals surface area contributed by atoms with E-state index in [9.17, 15) is 13.5 Å². The Morgan fingerprint density at radius 2 is 2.06 bits per heavy atom. The average molecular weight is 249 g/mol. The van der Waals surface area contributed by atoms with Crippen LogP contribution < -0.4 is 5.32 Å². The lowest BCUT2D eigenvalue weighted by atomic mass is 10.3. The third-order valence-corrected chi connectivity index (χ3v) is 4.53. The summed E-state index contributed by atoms with van der Waals surface area (Å²) in [6, 6.07) is 0.512. The summed E-state index contributed by atoms with van der Waals surface area (Å²) in [6.45, 7) is 2.44. The van der Waals surface area contributed by atoms with E-state index in [0.717, 1.165) is 25.7 Å². The minimum absolute atomic E-state index is 0.101. The van der Waals surface area contributed by atoms with Crippen molar-refractivity contribution in [2.45, 2.75) is 51.2 Å². The van der Waals surface area contributed by atoms with Crippen molar-refractivity contribution in [1.29, 1.82) is 0 Å². The zero-order chi connectivity index (χ0) is 12.0. The normalized spacial score (nSPS) is 18.6. The van der Waals surface area contributed by atoms with E-state index in [1.165, 1.54) is 0 Å². The Morgan fingerprint density at radius 1 is 1.38 bits per heavy atom. The van der Waals surface area contributed by atoms with Gasteiger partial charge in [0.15, 0.2) is 9.84 Å². The SMILES string of the molecule is CCCCCS(=O)(=O)CC(O)CNC1CC1. The second kappa shape index (κ2) is 6.57. The standard InChI is InChI=1S/C11H23NO3S/c1-2-3-4-7-16(14,15)9-11(13)8-12-10-5-6-10/h10-13H,2-9H2,1H3. The molecule has 1 aliphatic rings. The first-order valence-electron chi connectivity index (χ1n) is 6.15. The molecular weight excluding hydrogens is 226 g/mol. The molecule has 0 amide bonds. The summed E-state index contributed by atoms with van der Waals surface area (Å²) >= 11 is 0. The van der Waals surface area contributed by atoms with Gasteiger partial charge in [0, 0.05) is 12.6 Å². The first kappa shape index (κ1) is 13.9. The highest BCUT2D eigenvalue weighted by Crippen LogP contribution is 2.18. The lowest BCUT2D eigenvalue weighted by molar-refractivity contribution is 0.193. The van der Waals surface area contributed by atoms with Crippen LogP contribution in [-0.2, 0) is 9.84 Å². The number of aliphatic hydroxyl groups excluding tert-OH is 1. The molecule has 0 aliphatic heterocycles. The summed E-state index contributed by atoms with van der Waals surface area (Å²) in [7, 11) is -3.07. The Bertz CT molecular complexity index is 286. The fraction of sp³-hybridized carbons (Fsp3) is 1.00. The quantitative estimate of drug-likeness (QED) is 0.590. The van der Waals surface area contributed by atoms with Gasteiger partial charge in [-0.05, 0) is 19.3 Å². The van der Waals surface area contributed by atoms with Crippen molar-refractivity contribution >= 4 is 9.84 Å². The largest absolute Gasteiger partial charge is 0.391 e. The molecule has 5 heteroatoms. The summed E-state index contributed by atoms with van der Waals surface area (Å²) in [5.74, 6) is 0.109. The molecule has 1 fully saturated rings. The molecule has 0 radical (unpaired) electrons. The lowest BCUT2D eigenvalue weighted by Crippen LogP contribution is -2.34. The van der Waals surface area contributed by atoms with Crippen LogP contribution in [-0.4, -0.2) is 43.7 Å². The minimum Gasteiger partial charge on any atom is -0.391 e. The molecule has 1 saturated carbocycles. The Hall–Kier alpha value is -0.130. The van der Waals surface area contributed by atoms with E-state index in [-0.39, 0.29) is 11.5 Å². The summed E-state index contributed by atoms with van der Waals surface area (Å²) in [5, 5.41) is 12.7. The van der Waals surface area contributed by atoms with Crippen LogP contribution in [0.3, 0.4) is 0 Å². The van der Waals surface area contributed by atoms with Gasteiger partial charge >= 0.3 is 0 Å². The third-order valence-electron chi connectivity index (χ3n) is 2.72. The zero-order valence-electron chi connectivity index (χ0n) is 9.98. The lowest BCUT2D eigenvalue weighted by Gasteiger charge is -2.11. The van der Waals surface area contributed by atoms with E-state index < -0.39 is 15.9 Å². The highest BCUT2D eigenvalue weighted by molar-refractivity contribution is 7.91. The molecule has 0 heterocycles. The number of nitrogens with one attached hydrogen (secondary N) is 1. The maximum atomic E-state index is 11.6. The molecule has 0 aromatic rings. The molecule has 1 rings (SSSR count). The highest BCUT2D eigenvalue weighted by atomic mass is 32.2. The predicted octanol–water partition coefficient (Wildman–Crippen LogP) is 0.704. The van der Waals surface area contributed by atoms with E-state index in [2.05, 4.69) is 5.32 Å². The van der Waals surface area contributed by atoms with Crippen molar-refractivity contribution in [1.82, 2.24) is 5.32 Å². The van der Waals surface area contributed by atoms with Gasteiger partial charge in [-0.3, -0.25) is 0 Å². The first-order valence-corrected chi connectivity index (χ1v) is 7.97. The average Bonchev–Trinajstić information content (AvgIpc) is 2.97. The molecule has 0 spiro atoms. The zero-order valence-corrected chi connectivity index (χ0v) is 10.8. The van der Waals surface area contributed by atoms with Crippen LogP contribution in [0.2, 0.25) is 0 Å². The van der Waals surface area contributed by atoms with Gasteiger partial charge in [-0.25, -0.2) is 8.42 Å². The van der Waals surface area contributed by atoms with Gasteiger partial charge in [-0.15, -0.1) is 0 Å². The number of rotatable bonds is 9. The monoisotopic (exact) mass is 249 g/mol. The topological polar surface area (TPSA) is 66.4 Å². The van der Waals surface area contributed by atoms with Gasteiger partial charge < -0.3 is 10.4 Å². The van der Waals surface area contributed by atoms with Gasteiger partial charge in [-0.1, -0.05) is 19.8 Å². The van der Waals surface area contributed by atoms with Crippen molar-refractivity contribution in [2.24, 2.45) is 0 Å². The molecule has 1 atom stereocenters. The smallest absolute Gasteiger partial charge is 0.152 e. The van der Waals surface area contributed by atoms with Crippen molar-refractivity contribution in [2.75, 3.05) is 18.1 Å². The van der Waals surface area contributed by atoms with Crippen molar-refractivity contribution < 1.29 is 13.5 Å². The van der Waals surface area contributed by atoms with E-state index in [1.54, 1.807) is 0 Å². The minimum atomic E-state index is -3.07. The Kier molecular flexibility index (Phi) is 5.72. The number of unbranched alkanes of at least 4 members (excludes halogenated alkanes) is 2. The molecule has 96 valence electrons. The van der Waals surface area contributed by atoms with Gasteiger partial charge in [0.25, 0.3) is 0 Å². The highest BCUT2D eigenvalue weighted by Gasteiger charge is 2.23. The molecule has 2 N–H and O–H groups in total.